The number of anilines is 1. The van der Waals surface area contributed by atoms with Crippen molar-refractivity contribution in [3.05, 3.63) is 40.7 Å². The molecule has 0 radical (unpaired) electrons. The third-order valence-corrected chi connectivity index (χ3v) is 6.55. The summed E-state index contributed by atoms with van der Waals surface area (Å²) in [6, 6.07) is 6.13. The Labute approximate surface area is 189 Å². The van der Waals surface area contributed by atoms with E-state index in [0.29, 0.717) is 12.2 Å². The van der Waals surface area contributed by atoms with Crippen LogP contribution < -0.4 is 4.90 Å². The van der Waals surface area contributed by atoms with Crippen molar-refractivity contribution < 1.29 is 4.79 Å². The highest BCUT2D eigenvalue weighted by atomic mass is 35.5. The summed E-state index contributed by atoms with van der Waals surface area (Å²) in [4.78, 5) is 22.4. The molecular weight excluding hydrogens is 418 g/mol. The van der Waals surface area contributed by atoms with E-state index in [1.807, 2.05) is 24.6 Å². The van der Waals surface area contributed by atoms with Crippen molar-refractivity contribution in [2.45, 2.75) is 48.1 Å². The van der Waals surface area contributed by atoms with Gasteiger partial charge in [0.25, 0.3) is 5.91 Å². The smallest absolute Gasteiger partial charge is 0.280 e. The van der Waals surface area contributed by atoms with E-state index < -0.39 is 0 Å². The molecule has 1 amide bonds. The number of aryl methyl sites for hydroxylation is 4. The summed E-state index contributed by atoms with van der Waals surface area (Å²) in [6.07, 6.45) is 0. The van der Waals surface area contributed by atoms with E-state index in [2.05, 4.69) is 49.8 Å². The van der Waals surface area contributed by atoms with Gasteiger partial charge in [-0.15, -0.1) is 12.4 Å². The molecular formula is C22H32ClN5OS. The van der Waals surface area contributed by atoms with E-state index >= 15 is 0 Å². The number of hydrogen-bond donors (Lipinski definition) is 0. The van der Waals surface area contributed by atoms with E-state index in [-0.39, 0.29) is 18.3 Å². The molecule has 0 fully saturated rings. The second-order valence-corrected chi connectivity index (χ2v) is 8.37. The van der Waals surface area contributed by atoms with Gasteiger partial charge in [-0.1, -0.05) is 31.3 Å². The molecule has 3 rings (SSSR count). The van der Waals surface area contributed by atoms with E-state index in [1.165, 1.54) is 11.1 Å². The number of fused-ring (bicyclic) bond motifs is 1. The third-order valence-electron chi connectivity index (χ3n) is 5.32. The number of rotatable bonds is 8. The Balaban J connectivity index is 0.00000320. The van der Waals surface area contributed by atoms with Crippen LogP contribution >= 0.6 is 23.7 Å². The van der Waals surface area contributed by atoms with Crippen LogP contribution in [-0.4, -0.2) is 51.8 Å². The van der Waals surface area contributed by atoms with Crippen molar-refractivity contribution >= 4 is 45.0 Å². The predicted molar refractivity (Wildman–Crippen MR) is 128 cm³/mol. The lowest BCUT2D eigenvalue weighted by molar-refractivity contribution is 0.0978. The second-order valence-electron chi connectivity index (χ2n) is 7.40. The largest absolute Gasteiger partial charge is 0.302 e. The van der Waals surface area contributed by atoms with Gasteiger partial charge in [0.1, 0.15) is 0 Å². The highest BCUT2D eigenvalue weighted by Gasteiger charge is 2.24. The first-order valence-electron chi connectivity index (χ1n) is 10.3. The Morgan fingerprint density at radius 2 is 1.77 bits per heavy atom. The fraction of sp³-hybridized carbons (Fsp3) is 0.500. The van der Waals surface area contributed by atoms with Crippen LogP contribution in [0.25, 0.3) is 10.2 Å². The van der Waals surface area contributed by atoms with Gasteiger partial charge >= 0.3 is 0 Å². The Bertz CT molecular complexity index is 1010. The molecule has 3 aromatic rings. The van der Waals surface area contributed by atoms with Crippen LogP contribution in [0.3, 0.4) is 0 Å². The van der Waals surface area contributed by atoms with Gasteiger partial charge in [-0.25, -0.2) is 4.98 Å². The van der Waals surface area contributed by atoms with Crippen molar-refractivity contribution in [3.8, 4) is 0 Å². The number of hydrogen-bond acceptors (Lipinski definition) is 5. The van der Waals surface area contributed by atoms with E-state index in [4.69, 9.17) is 4.98 Å². The van der Waals surface area contributed by atoms with Crippen molar-refractivity contribution in [1.29, 1.82) is 0 Å². The number of nitrogens with zero attached hydrogens (tertiary/aromatic N) is 5. The van der Waals surface area contributed by atoms with E-state index in [1.54, 1.807) is 16.2 Å². The van der Waals surface area contributed by atoms with E-state index in [0.717, 1.165) is 47.2 Å². The van der Waals surface area contributed by atoms with Gasteiger partial charge in [-0.2, -0.15) is 5.10 Å². The minimum Gasteiger partial charge on any atom is -0.302 e. The molecule has 0 aliphatic heterocycles. The van der Waals surface area contributed by atoms with Gasteiger partial charge in [0, 0.05) is 25.3 Å². The quantitative estimate of drug-likeness (QED) is 0.493. The molecule has 1 aromatic carbocycles. The zero-order valence-corrected chi connectivity index (χ0v) is 20.4. The first kappa shape index (κ1) is 24.3. The Hall–Kier alpha value is -1.96. The number of aromatic nitrogens is 3. The normalized spacial score (nSPS) is 11.2. The topological polar surface area (TPSA) is 54.3 Å². The molecule has 6 nitrogen and oxygen atoms in total. The maximum Gasteiger partial charge on any atom is 0.280 e. The molecule has 0 aliphatic rings. The van der Waals surface area contributed by atoms with Gasteiger partial charge in [-0.3, -0.25) is 14.4 Å². The average Bonchev–Trinajstić information content (AvgIpc) is 3.28. The molecule has 2 heterocycles. The van der Waals surface area contributed by atoms with Gasteiger partial charge in [-0.05, 0) is 64.0 Å². The van der Waals surface area contributed by atoms with Crippen LogP contribution in [0, 0.1) is 20.8 Å². The summed E-state index contributed by atoms with van der Waals surface area (Å²) in [7, 11) is 0. The summed E-state index contributed by atoms with van der Waals surface area (Å²) >= 11 is 1.59. The number of amides is 1. The number of carbonyl (C=O) groups is 1. The Kier molecular flexibility index (Phi) is 8.41. The minimum atomic E-state index is -0.0825. The number of benzene rings is 1. The highest BCUT2D eigenvalue weighted by Crippen LogP contribution is 2.32. The number of halogens is 1. The molecule has 30 heavy (non-hydrogen) atoms. The molecule has 0 bridgehead atoms. The van der Waals surface area contributed by atoms with Gasteiger partial charge < -0.3 is 4.90 Å². The first-order chi connectivity index (χ1) is 13.9. The van der Waals surface area contributed by atoms with Crippen molar-refractivity contribution in [1.82, 2.24) is 19.7 Å². The van der Waals surface area contributed by atoms with Gasteiger partial charge in [0.05, 0.1) is 10.2 Å². The number of thiazole rings is 1. The maximum absolute atomic E-state index is 13.4. The van der Waals surface area contributed by atoms with Crippen LogP contribution in [0.1, 0.15) is 48.1 Å². The molecule has 0 atom stereocenters. The molecule has 8 heteroatoms. The van der Waals surface area contributed by atoms with Crippen LogP contribution in [0.4, 0.5) is 5.13 Å². The number of carbonyl (C=O) groups excluding carboxylic acids is 1. The molecule has 0 N–H and O–H groups in total. The maximum atomic E-state index is 13.4. The van der Waals surface area contributed by atoms with Gasteiger partial charge in [0.2, 0.25) is 0 Å². The molecule has 0 spiro atoms. The van der Waals surface area contributed by atoms with Crippen LogP contribution in [0.2, 0.25) is 0 Å². The molecule has 0 aliphatic carbocycles. The zero-order chi connectivity index (χ0) is 21.1. The first-order valence-corrected chi connectivity index (χ1v) is 11.2. The lowest BCUT2D eigenvalue weighted by Gasteiger charge is -2.24. The monoisotopic (exact) mass is 449 g/mol. The lowest BCUT2D eigenvalue weighted by Crippen LogP contribution is -2.39. The van der Waals surface area contributed by atoms with Crippen molar-refractivity contribution in [3.63, 3.8) is 0 Å². The molecule has 164 valence electrons. The molecule has 0 saturated carbocycles. The Morgan fingerprint density at radius 1 is 1.07 bits per heavy atom. The predicted octanol–water partition coefficient (Wildman–Crippen LogP) is 4.85. The van der Waals surface area contributed by atoms with Crippen molar-refractivity contribution in [2.75, 3.05) is 31.1 Å². The molecule has 2 aromatic heterocycles. The van der Waals surface area contributed by atoms with Crippen LogP contribution in [-0.2, 0) is 6.54 Å². The van der Waals surface area contributed by atoms with Crippen LogP contribution in [0.15, 0.2) is 18.2 Å². The summed E-state index contributed by atoms with van der Waals surface area (Å²) in [6.45, 7) is 16.6. The van der Waals surface area contributed by atoms with Crippen LogP contribution in [0.5, 0.6) is 0 Å². The Morgan fingerprint density at radius 3 is 2.37 bits per heavy atom. The fourth-order valence-corrected chi connectivity index (χ4v) is 4.66. The van der Waals surface area contributed by atoms with Crippen molar-refractivity contribution in [2.24, 2.45) is 0 Å². The zero-order valence-electron chi connectivity index (χ0n) is 18.7. The average molecular weight is 450 g/mol. The molecule has 0 saturated heterocycles. The lowest BCUT2D eigenvalue weighted by atomic mass is 10.1. The SMILES string of the molecule is CCN(CC)CCN(C(=O)c1cc(C)n(CC)n1)c1nc2cc(C)cc(C)c2s1.Cl. The summed E-state index contributed by atoms with van der Waals surface area (Å²) in [5, 5.41) is 5.26. The fourth-order valence-electron chi connectivity index (χ4n) is 3.62. The summed E-state index contributed by atoms with van der Waals surface area (Å²) in [5.74, 6) is -0.0825. The van der Waals surface area contributed by atoms with E-state index in [9.17, 15) is 4.79 Å². The highest BCUT2D eigenvalue weighted by molar-refractivity contribution is 7.22. The second kappa shape index (κ2) is 10.4. The van der Waals surface area contributed by atoms with Gasteiger partial charge in [0.15, 0.2) is 10.8 Å². The number of likely N-dealkylation sites (N-methyl/N-ethyl adjacent to an activating group) is 1. The third kappa shape index (κ3) is 5.02. The molecule has 0 unspecified atom stereocenters. The summed E-state index contributed by atoms with van der Waals surface area (Å²) in [5.41, 5.74) is 4.82. The standard InChI is InChI=1S/C22H31N5OS.ClH/c1-7-25(8-2)10-11-26(21(28)19-14-17(6)27(9-3)24-19)22-23-18-13-15(4)12-16(5)20(18)29-22;/h12-14H,7-11H2,1-6H3;1H. The summed E-state index contributed by atoms with van der Waals surface area (Å²) < 4.78 is 3.00. The minimum absolute atomic E-state index is 0.